The number of alkyl halides is 6. The molecule has 0 radical (unpaired) electrons. The monoisotopic (exact) mass is 624 g/mol. The van der Waals surface area contributed by atoms with Crippen LogP contribution in [0.2, 0.25) is 0 Å². The van der Waals surface area contributed by atoms with Gasteiger partial charge in [-0.25, -0.2) is 12.8 Å². The van der Waals surface area contributed by atoms with Crippen LogP contribution in [-0.2, 0) is 29.8 Å². The molecule has 4 rings (SSSR count). The first-order valence-corrected chi connectivity index (χ1v) is 14.3. The molecule has 2 amide bonds. The van der Waals surface area contributed by atoms with Gasteiger partial charge in [-0.3, -0.25) is 9.59 Å². The van der Waals surface area contributed by atoms with Crippen LogP contribution in [0.15, 0.2) is 53.4 Å². The molecule has 2 aliphatic heterocycles. The zero-order chi connectivity index (χ0) is 31.3. The van der Waals surface area contributed by atoms with Crippen LogP contribution in [0.4, 0.5) is 30.7 Å². The Balaban J connectivity index is 1.74. The Morgan fingerprint density at radius 1 is 0.857 bits per heavy atom. The zero-order valence-corrected chi connectivity index (χ0v) is 23.0. The molecule has 0 aromatic heterocycles. The number of piperidine rings is 1. The summed E-state index contributed by atoms with van der Waals surface area (Å²) in [5.41, 5.74) is -6.98. The number of sulfone groups is 1. The van der Waals surface area contributed by atoms with Crippen LogP contribution in [0, 0.1) is 11.7 Å². The van der Waals surface area contributed by atoms with E-state index in [-0.39, 0.29) is 29.3 Å². The second kappa shape index (κ2) is 10.8. The van der Waals surface area contributed by atoms with Gasteiger partial charge in [-0.2, -0.15) is 26.3 Å². The fourth-order valence-electron chi connectivity index (χ4n) is 5.62. The third kappa shape index (κ3) is 5.25. The number of hydrogen-bond donors (Lipinski definition) is 1. The van der Waals surface area contributed by atoms with Gasteiger partial charge in [0, 0.05) is 44.6 Å². The van der Waals surface area contributed by atoms with Crippen molar-refractivity contribution < 1.29 is 53.8 Å². The molecule has 7 nitrogen and oxygen atoms in total. The smallest absolute Gasteiger partial charge is 0.369 e. The normalized spacial score (nSPS) is 21.1. The highest BCUT2D eigenvalue weighted by molar-refractivity contribution is 7.92. The number of benzene rings is 2. The van der Waals surface area contributed by atoms with E-state index in [0.29, 0.717) is 38.1 Å². The minimum absolute atomic E-state index is 0.0943. The minimum Gasteiger partial charge on any atom is -0.369 e. The Hall–Kier alpha value is -3.20. The minimum atomic E-state index is -6.14. The Labute approximate surface area is 236 Å². The number of halogens is 7. The van der Waals surface area contributed by atoms with Crippen molar-refractivity contribution >= 4 is 21.7 Å². The summed E-state index contributed by atoms with van der Waals surface area (Å²) in [5.74, 6) is -1.82. The van der Waals surface area contributed by atoms with Crippen molar-refractivity contribution in [1.82, 2.24) is 9.80 Å². The summed E-state index contributed by atoms with van der Waals surface area (Å²) >= 11 is 0. The molecule has 2 aliphatic rings. The number of nitrogens with zero attached hydrogens (tertiary/aromatic N) is 2. The summed E-state index contributed by atoms with van der Waals surface area (Å²) in [4.78, 5) is 27.5. The van der Waals surface area contributed by atoms with Crippen LogP contribution in [0.5, 0.6) is 0 Å². The van der Waals surface area contributed by atoms with Crippen molar-refractivity contribution in [2.75, 3.05) is 26.2 Å². The van der Waals surface area contributed by atoms with Crippen molar-refractivity contribution in [2.24, 2.45) is 5.92 Å². The maximum absolute atomic E-state index is 14.0. The lowest BCUT2D eigenvalue weighted by Crippen LogP contribution is -2.54. The molecule has 1 N–H and O–H groups in total. The van der Waals surface area contributed by atoms with E-state index in [1.165, 1.54) is 11.8 Å². The number of amides is 2. The molecule has 2 fully saturated rings. The third-order valence-corrected chi connectivity index (χ3v) is 10.6. The molecule has 1 atom stereocenters. The van der Waals surface area contributed by atoms with Crippen molar-refractivity contribution in [3.8, 4) is 0 Å². The highest BCUT2D eigenvalue weighted by Crippen LogP contribution is 2.51. The SMILES string of the molecule is CC(=O)N1CCC(C(=O)N2CC[C@](c3ccc(C(O)(C(F)(F)F)C(F)(F)F)cc3)(S(=O)(=O)c3ccc(F)cc3)C2)CC1. The summed E-state index contributed by atoms with van der Waals surface area (Å²) < 4.78 is 120. The molecule has 2 heterocycles. The van der Waals surface area contributed by atoms with E-state index in [2.05, 4.69) is 0 Å². The largest absolute Gasteiger partial charge is 0.430 e. The van der Waals surface area contributed by atoms with E-state index in [9.17, 15) is 53.8 Å². The van der Waals surface area contributed by atoms with E-state index < -0.39 is 62.3 Å². The maximum Gasteiger partial charge on any atom is 0.430 e. The predicted molar refractivity (Wildman–Crippen MR) is 134 cm³/mol. The second-order valence-electron chi connectivity index (χ2n) is 10.5. The number of rotatable bonds is 5. The van der Waals surface area contributed by atoms with Gasteiger partial charge in [0.1, 0.15) is 10.6 Å². The molecule has 2 aromatic rings. The number of likely N-dealkylation sites (tertiary alicyclic amines) is 2. The molecule has 0 aliphatic carbocycles. The lowest BCUT2D eigenvalue weighted by atomic mass is 9.89. The molecule has 42 heavy (non-hydrogen) atoms. The van der Waals surface area contributed by atoms with Crippen LogP contribution >= 0.6 is 0 Å². The van der Waals surface area contributed by atoms with E-state index in [4.69, 9.17) is 0 Å². The lowest BCUT2D eigenvalue weighted by Gasteiger charge is -2.35. The fourth-order valence-corrected chi connectivity index (χ4v) is 7.70. The first-order valence-electron chi connectivity index (χ1n) is 12.9. The van der Waals surface area contributed by atoms with Crippen LogP contribution in [0.25, 0.3) is 0 Å². The zero-order valence-electron chi connectivity index (χ0n) is 22.2. The molecule has 0 saturated carbocycles. The van der Waals surface area contributed by atoms with E-state index in [0.717, 1.165) is 36.4 Å². The first kappa shape index (κ1) is 31.7. The van der Waals surface area contributed by atoms with Crippen molar-refractivity contribution in [1.29, 1.82) is 0 Å². The van der Waals surface area contributed by atoms with E-state index in [1.807, 2.05) is 0 Å². The molecule has 0 bridgehead atoms. The van der Waals surface area contributed by atoms with Crippen molar-refractivity contribution in [3.63, 3.8) is 0 Å². The van der Waals surface area contributed by atoms with E-state index >= 15 is 0 Å². The average molecular weight is 625 g/mol. The number of carbonyl (C=O) groups excluding carboxylic acids is 2. The quantitative estimate of drug-likeness (QED) is 0.396. The Morgan fingerprint density at radius 3 is 1.86 bits per heavy atom. The number of carbonyl (C=O) groups is 2. The molecule has 230 valence electrons. The number of aliphatic hydroxyl groups is 1. The summed E-state index contributed by atoms with van der Waals surface area (Å²) in [6.07, 6.45) is -11.9. The van der Waals surface area contributed by atoms with Gasteiger partial charge in [-0.05, 0) is 49.1 Å². The van der Waals surface area contributed by atoms with Crippen molar-refractivity contribution in [3.05, 3.63) is 65.5 Å². The van der Waals surface area contributed by atoms with Crippen LogP contribution in [0.1, 0.15) is 37.3 Å². The molecular weight excluding hydrogens is 597 g/mol. The molecule has 0 spiro atoms. The Morgan fingerprint density at radius 2 is 1.38 bits per heavy atom. The molecular formula is C27H27F7N2O5S. The van der Waals surface area contributed by atoms with Gasteiger partial charge in [0.25, 0.3) is 5.60 Å². The van der Waals surface area contributed by atoms with Crippen molar-refractivity contribution in [2.45, 2.75) is 53.8 Å². The van der Waals surface area contributed by atoms with Crippen LogP contribution < -0.4 is 0 Å². The molecule has 0 unspecified atom stereocenters. The van der Waals surface area contributed by atoms with Gasteiger partial charge in [-0.15, -0.1) is 0 Å². The standard InChI is InChI=1S/C27H27F7N2O5S/c1-17(37)35-13-10-18(11-14-35)23(38)36-15-12-24(16-36,42(40,41)22-8-6-21(28)7-9-22)19-2-4-20(5-3-19)25(39,26(29,30)31)27(32,33)34/h2-9,18,39H,10-16H2,1H3/t24-/m0/s1. The molecule has 2 saturated heterocycles. The molecule has 2 aromatic carbocycles. The lowest BCUT2D eigenvalue weighted by molar-refractivity contribution is -0.376. The molecule has 15 heteroatoms. The average Bonchev–Trinajstić information content (AvgIpc) is 3.39. The van der Waals surface area contributed by atoms with Gasteiger partial charge in [0.15, 0.2) is 9.84 Å². The van der Waals surface area contributed by atoms with E-state index in [1.54, 1.807) is 4.90 Å². The van der Waals surface area contributed by atoms with Gasteiger partial charge >= 0.3 is 12.4 Å². The van der Waals surface area contributed by atoms with Gasteiger partial charge < -0.3 is 14.9 Å². The topological polar surface area (TPSA) is 95.0 Å². The summed E-state index contributed by atoms with van der Waals surface area (Å²) in [5, 5.41) is 9.77. The Kier molecular flexibility index (Phi) is 8.17. The first-order chi connectivity index (χ1) is 19.3. The van der Waals surface area contributed by atoms with Gasteiger partial charge in [0.2, 0.25) is 11.8 Å². The Bertz CT molecular complexity index is 1420. The third-order valence-electron chi connectivity index (χ3n) is 8.12. The highest BCUT2D eigenvalue weighted by atomic mass is 32.2. The fraction of sp³-hybridized carbons (Fsp3) is 0.481. The summed E-state index contributed by atoms with van der Waals surface area (Å²) in [6.45, 7) is 1.47. The predicted octanol–water partition coefficient (Wildman–Crippen LogP) is 4.30. The maximum atomic E-state index is 14.0. The van der Waals surface area contributed by atoms with Gasteiger partial charge in [0.05, 0.1) is 4.90 Å². The van der Waals surface area contributed by atoms with Crippen LogP contribution in [0.3, 0.4) is 0 Å². The summed E-state index contributed by atoms with van der Waals surface area (Å²) in [6, 6.07) is 5.98. The number of hydrogen-bond acceptors (Lipinski definition) is 5. The second-order valence-corrected chi connectivity index (χ2v) is 12.8. The van der Waals surface area contributed by atoms with Crippen LogP contribution in [-0.4, -0.2) is 73.7 Å². The highest BCUT2D eigenvalue weighted by Gasteiger charge is 2.71. The van der Waals surface area contributed by atoms with Gasteiger partial charge in [-0.1, -0.05) is 24.3 Å². The summed E-state index contributed by atoms with van der Waals surface area (Å²) in [7, 11) is -4.51.